The first kappa shape index (κ1) is 18.8. The Morgan fingerprint density at radius 3 is 2.52 bits per heavy atom. The Labute approximate surface area is 161 Å². The lowest BCUT2D eigenvalue weighted by Crippen LogP contribution is -2.54. The van der Waals surface area contributed by atoms with Crippen LogP contribution in [-0.2, 0) is 14.3 Å². The first-order valence-corrected chi connectivity index (χ1v) is 8.60. The van der Waals surface area contributed by atoms with Gasteiger partial charge >= 0.3 is 0 Å². The molecule has 0 aliphatic carbocycles. The molecule has 2 aromatic rings. The fourth-order valence-electron chi connectivity index (χ4n) is 2.50. The third-order valence-corrected chi connectivity index (χ3v) is 4.09. The highest BCUT2D eigenvalue weighted by Gasteiger charge is 2.34. The maximum absolute atomic E-state index is 12.9. The van der Waals surface area contributed by atoms with Gasteiger partial charge < -0.3 is 13.9 Å². The number of amides is 2. The number of carbonyl (C=O) groups excluding carboxylic acids is 2. The van der Waals surface area contributed by atoms with Crippen molar-refractivity contribution in [3.8, 4) is 5.75 Å². The van der Waals surface area contributed by atoms with Crippen molar-refractivity contribution in [1.29, 1.82) is 0 Å². The van der Waals surface area contributed by atoms with Gasteiger partial charge in [-0.2, -0.15) is 0 Å². The van der Waals surface area contributed by atoms with Crippen LogP contribution in [0.4, 0.5) is 5.69 Å². The number of anilines is 1. The van der Waals surface area contributed by atoms with Crippen molar-refractivity contribution in [1.82, 2.24) is 5.32 Å². The molecule has 0 radical (unpaired) electrons. The number of benzene rings is 1. The zero-order chi connectivity index (χ0) is 19.4. The van der Waals surface area contributed by atoms with Crippen molar-refractivity contribution in [2.75, 3.05) is 25.2 Å². The smallest absolute Gasteiger partial charge is 0.270 e. The molecule has 0 atom stereocenters. The van der Waals surface area contributed by atoms with E-state index in [0.29, 0.717) is 36.2 Å². The third kappa shape index (κ3) is 4.24. The van der Waals surface area contributed by atoms with Crippen molar-refractivity contribution in [3.63, 3.8) is 0 Å². The quantitative estimate of drug-likeness (QED) is 0.355. The van der Waals surface area contributed by atoms with Crippen LogP contribution < -0.4 is 15.0 Å². The van der Waals surface area contributed by atoms with Crippen LogP contribution in [0.5, 0.6) is 5.75 Å². The fourth-order valence-corrected chi connectivity index (χ4v) is 2.78. The zero-order valence-corrected chi connectivity index (χ0v) is 15.7. The summed E-state index contributed by atoms with van der Waals surface area (Å²) < 4.78 is 15.9. The van der Waals surface area contributed by atoms with E-state index in [2.05, 4.69) is 5.32 Å². The normalized spacial score (nSPS) is 16.0. The number of methoxy groups -OCH3 is 1. The zero-order valence-electron chi connectivity index (χ0n) is 14.9. The molecule has 8 heteroatoms. The highest BCUT2D eigenvalue weighted by molar-refractivity contribution is 7.80. The lowest BCUT2D eigenvalue weighted by atomic mass is 10.1. The van der Waals surface area contributed by atoms with Crippen LogP contribution in [0, 0.1) is 6.92 Å². The van der Waals surface area contributed by atoms with Crippen LogP contribution in [0.2, 0.25) is 0 Å². The first-order valence-electron chi connectivity index (χ1n) is 8.19. The number of ether oxygens (including phenoxy) is 2. The van der Waals surface area contributed by atoms with Gasteiger partial charge in [-0.3, -0.25) is 19.8 Å². The second kappa shape index (κ2) is 8.15. The van der Waals surface area contributed by atoms with Crippen LogP contribution in [0.3, 0.4) is 0 Å². The van der Waals surface area contributed by atoms with E-state index in [1.54, 1.807) is 50.4 Å². The molecule has 2 amide bonds. The topological polar surface area (TPSA) is 81.0 Å². The summed E-state index contributed by atoms with van der Waals surface area (Å²) in [4.78, 5) is 26.4. The van der Waals surface area contributed by atoms with Gasteiger partial charge in [-0.25, -0.2) is 0 Å². The van der Waals surface area contributed by atoms with Crippen molar-refractivity contribution in [3.05, 3.63) is 53.5 Å². The Balaban J connectivity index is 1.84. The Morgan fingerprint density at radius 2 is 1.89 bits per heavy atom. The molecule has 1 N–H and O–H groups in total. The van der Waals surface area contributed by atoms with Crippen molar-refractivity contribution >= 4 is 40.9 Å². The maximum Gasteiger partial charge on any atom is 0.270 e. The molecule has 1 aromatic heterocycles. The van der Waals surface area contributed by atoms with Crippen LogP contribution in [0.15, 0.2) is 46.4 Å². The summed E-state index contributed by atoms with van der Waals surface area (Å²) >= 11 is 5.18. The van der Waals surface area contributed by atoms with Gasteiger partial charge in [0.05, 0.1) is 12.3 Å². The lowest BCUT2D eigenvalue weighted by molar-refractivity contribution is -0.122. The largest absolute Gasteiger partial charge is 0.491 e. The summed E-state index contributed by atoms with van der Waals surface area (Å²) in [5.41, 5.74) is 0.462. The molecule has 2 heterocycles. The molecular weight excluding hydrogens is 368 g/mol. The third-order valence-electron chi connectivity index (χ3n) is 3.80. The Bertz CT molecular complexity index is 901. The predicted octanol–water partition coefficient (Wildman–Crippen LogP) is 2.44. The number of hydrogen-bond acceptors (Lipinski definition) is 6. The standard InChI is InChI=1S/C19H18N2O5S/c1-12-3-6-15(26-12)11-16-17(22)20-19(27)21(18(16)23)13-4-7-14(8-5-13)25-10-9-24-2/h3-8,11H,9-10H2,1-2H3,(H,20,22,27). The molecular formula is C19H18N2O5S. The number of carbonyl (C=O) groups is 2. The summed E-state index contributed by atoms with van der Waals surface area (Å²) in [5, 5.41) is 2.55. The number of rotatable bonds is 6. The van der Waals surface area contributed by atoms with Gasteiger partial charge in [0.2, 0.25) is 0 Å². The minimum absolute atomic E-state index is 0.0193. The van der Waals surface area contributed by atoms with E-state index in [1.807, 2.05) is 0 Å². The summed E-state index contributed by atoms with van der Waals surface area (Å²) in [6, 6.07) is 10.3. The van der Waals surface area contributed by atoms with Crippen molar-refractivity contribution in [2.24, 2.45) is 0 Å². The van der Waals surface area contributed by atoms with Gasteiger partial charge in [0.1, 0.15) is 29.4 Å². The number of furan rings is 1. The SMILES string of the molecule is COCCOc1ccc(N2C(=O)C(=Cc3ccc(C)o3)C(=O)NC2=S)cc1. The molecule has 1 fully saturated rings. The van der Waals surface area contributed by atoms with E-state index in [9.17, 15) is 9.59 Å². The molecule has 0 saturated carbocycles. The molecule has 1 aromatic carbocycles. The number of thiocarbonyl (C=S) groups is 1. The number of hydrogen-bond donors (Lipinski definition) is 1. The predicted molar refractivity (Wildman–Crippen MR) is 103 cm³/mol. The van der Waals surface area contributed by atoms with Gasteiger partial charge in [-0.15, -0.1) is 0 Å². The average molecular weight is 386 g/mol. The van der Waals surface area contributed by atoms with Crippen molar-refractivity contribution in [2.45, 2.75) is 6.92 Å². The summed E-state index contributed by atoms with van der Waals surface area (Å²) in [6.45, 7) is 2.67. The molecule has 1 aliphatic heterocycles. The van der Waals surface area contributed by atoms with E-state index in [-0.39, 0.29) is 10.7 Å². The van der Waals surface area contributed by atoms with E-state index in [1.165, 1.54) is 11.0 Å². The molecule has 27 heavy (non-hydrogen) atoms. The van der Waals surface area contributed by atoms with Gasteiger partial charge in [0.15, 0.2) is 5.11 Å². The Kier molecular flexibility index (Phi) is 5.68. The second-order valence-corrected chi connectivity index (χ2v) is 6.13. The van der Waals surface area contributed by atoms with Crippen LogP contribution >= 0.6 is 12.2 Å². The molecule has 7 nitrogen and oxygen atoms in total. The molecule has 1 aliphatic rings. The highest BCUT2D eigenvalue weighted by atomic mass is 32.1. The van der Waals surface area contributed by atoms with Crippen molar-refractivity contribution < 1.29 is 23.5 Å². The second-order valence-electron chi connectivity index (χ2n) is 5.74. The van der Waals surface area contributed by atoms with E-state index in [4.69, 9.17) is 26.1 Å². The van der Waals surface area contributed by atoms with Crippen LogP contribution in [0.1, 0.15) is 11.5 Å². The van der Waals surface area contributed by atoms with Gasteiger partial charge in [0, 0.05) is 7.11 Å². The summed E-state index contributed by atoms with van der Waals surface area (Å²) in [7, 11) is 1.60. The van der Waals surface area contributed by atoms with Crippen LogP contribution in [0.25, 0.3) is 6.08 Å². The monoisotopic (exact) mass is 386 g/mol. The van der Waals surface area contributed by atoms with Gasteiger partial charge in [0.25, 0.3) is 11.8 Å². The molecule has 0 unspecified atom stereocenters. The summed E-state index contributed by atoms with van der Waals surface area (Å²) in [5.74, 6) is 0.653. The Hall–Kier alpha value is -2.97. The molecule has 3 rings (SSSR count). The van der Waals surface area contributed by atoms with E-state index < -0.39 is 11.8 Å². The minimum Gasteiger partial charge on any atom is -0.491 e. The maximum atomic E-state index is 12.9. The first-order chi connectivity index (χ1) is 13.0. The van der Waals surface area contributed by atoms with Crippen LogP contribution in [-0.4, -0.2) is 37.3 Å². The molecule has 0 spiro atoms. The molecule has 0 bridgehead atoms. The minimum atomic E-state index is -0.560. The number of nitrogens with zero attached hydrogens (tertiary/aromatic N) is 1. The number of aryl methyl sites for hydroxylation is 1. The average Bonchev–Trinajstić information content (AvgIpc) is 3.05. The lowest BCUT2D eigenvalue weighted by Gasteiger charge is -2.28. The van der Waals surface area contributed by atoms with Gasteiger partial charge in [-0.1, -0.05) is 0 Å². The van der Waals surface area contributed by atoms with E-state index in [0.717, 1.165) is 0 Å². The molecule has 140 valence electrons. The fraction of sp³-hybridized carbons (Fsp3) is 0.211. The number of nitrogens with one attached hydrogen (secondary N) is 1. The summed E-state index contributed by atoms with van der Waals surface area (Å²) in [6.07, 6.45) is 1.40. The van der Waals surface area contributed by atoms with E-state index >= 15 is 0 Å². The molecule has 1 saturated heterocycles. The van der Waals surface area contributed by atoms with Gasteiger partial charge in [-0.05, 0) is 61.6 Å². The Morgan fingerprint density at radius 1 is 1.15 bits per heavy atom. The highest BCUT2D eigenvalue weighted by Crippen LogP contribution is 2.24.